The number of aryl methyl sites for hydroxylation is 1. The van der Waals surface area contributed by atoms with E-state index in [1.165, 1.54) is 0 Å². The van der Waals surface area contributed by atoms with Crippen LogP contribution < -0.4 is 9.47 Å². The van der Waals surface area contributed by atoms with Crippen LogP contribution in [0.1, 0.15) is 21.5 Å². The number of hydrogen-bond donors (Lipinski definition) is 0. The van der Waals surface area contributed by atoms with Gasteiger partial charge in [-0.05, 0) is 52.7 Å². The van der Waals surface area contributed by atoms with Crippen LogP contribution in [0.2, 0.25) is 0 Å². The third-order valence-corrected chi connectivity index (χ3v) is 4.47. The second-order valence-corrected chi connectivity index (χ2v) is 6.53. The fourth-order valence-corrected chi connectivity index (χ4v) is 3.09. The number of ether oxygens (including phenoxy) is 2. The van der Waals surface area contributed by atoms with Crippen LogP contribution in [-0.2, 0) is 0 Å². The van der Waals surface area contributed by atoms with E-state index in [9.17, 15) is 4.79 Å². The second-order valence-electron chi connectivity index (χ2n) is 4.76. The zero-order valence-corrected chi connectivity index (χ0v) is 14.5. The molecule has 0 saturated carbocycles. The van der Waals surface area contributed by atoms with Crippen molar-refractivity contribution in [2.24, 2.45) is 0 Å². The Labute approximate surface area is 139 Å². The van der Waals surface area contributed by atoms with Gasteiger partial charge in [0.2, 0.25) is 0 Å². The molecule has 0 spiro atoms. The van der Waals surface area contributed by atoms with E-state index in [0.717, 1.165) is 10.0 Å². The molecule has 1 aliphatic rings. The van der Waals surface area contributed by atoms with Gasteiger partial charge < -0.3 is 9.47 Å². The standard InChI is InChI=1S/C16H12Br2O3/c1-9-2-3-10(17)6-11(9)16(19)12-7-14-15(8-13(12)18)21-5-4-20-14/h2-3,6-8H,4-5H2,1H3. The predicted octanol–water partition coefficient (Wildman–Crippen LogP) is 4.52. The Morgan fingerprint density at radius 2 is 1.67 bits per heavy atom. The lowest BCUT2D eigenvalue weighted by Crippen LogP contribution is -2.16. The molecule has 3 rings (SSSR count). The molecular weight excluding hydrogens is 400 g/mol. The molecule has 1 heterocycles. The molecule has 21 heavy (non-hydrogen) atoms. The first-order valence-corrected chi connectivity index (χ1v) is 8.05. The predicted molar refractivity (Wildman–Crippen MR) is 87.4 cm³/mol. The molecule has 0 N–H and O–H groups in total. The number of benzene rings is 2. The molecular formula is C16H12Br2O3. The number of halogens is 2. The molecule has 0 unspecified atom stereocenters. The number of ketones is 1. The maximum atomic E-state index is 12.8. The molecule has 3 nitrogen and oxygen atoms in total. The number of carbonyl (C=O) groups excluding carboxylic acids is 1. The van der Waals surface area contributed by atoms with Crippen molar-refractivity contribution in [1.29, 1.82) is 0 Å². The Bertz CT molecular complexity index is 726. The van der Waals surface area contributed by atoms with Crippen LogP contribution in [0.15, 0.2) is 39.3 Å². The third-order valence-electron chi connectivity index (χ3n) is 3.32. The summed E-state index contributed by atoms with van der Waals surface area (Å²) in [5.74, 6) is 1.23. The van der Waals surface area contributed by atoms with Gasteiger partial charge in [-0.2, -0.15) is 0 Å². The highest BCUT2D eigenvalue weighted by molar-refractivity contribution is 9.10. The van der Waals surface area contributed by atoms with Crippen molar-refractivity contribution in [3.63, 3.8) is 0 Å². The first kappa shape index (κ1) is 14.6. The average Bonchev–Trinajstić information content (AvgIpc) is 2.48. The van der Waals surface area contributed by atoms with Gasteiger partial charge in [0.05, 0.1) is 0 Å². The SMILES string of the molecule is Cc1ccc(Br)cc1C(=O)c1cc2c(cc1Br)OCCO2. The van der Waals surface area contributed by atoms with Crippen molar-refractivity contribution < 1.29 is 14.3 Å². The van der Waals surface area contributed by atoms with E-state index in [-0.39, 0.29) is 5.78 Å². The molecule has 2 aromatic rings. The Balaban J connectivity index is 2.07. The highest BCUT2D eigenvalue weighted by Crippen LogP contribution is 2.36. The Hall–Kier alpha value is -1.33. The highest BCUT2D eigenvalue weighted by Gasteiger charge is 2.20. The molecule has 108 valence electrons. The van der Waals surface area contributed by atoms with Crippen molar-refractivity contribution in [2.45, 2.75) is 6.92 Å². The molecule has 0 amide bonds. The van der Waals surface area contributed by atoms with Gasteiger partial charge in [-0.1, -0.05) is 22.0 Å². The zero-order chi connectivity index (χ0) is 15.0. The molecule has 0 aromatic heterocycles. The first-order valence-electron chi connectivity index (χ1n) is 6.46. The fourth-order valence-electron chi connectivity index (χ4n) is 2.22. The van der Waals surface area contributed by atoms with Crippen molar-refractivity contribution in [3.8, 4) is 11.5 Å². The lowest BCUT2D eigenvalue weighted by molar-refractivity contribution is 0.103. The van der Waals surface area contributed by atoms with Crippen LogP contribution in [0.25, 0.3) is 0 Å². The molecule has 0 radical (unpaired) electrons. The van der Waals surface area contributed by atoms with Crippen LogP contribution in [-0.4, -0.2) is 19.0 Å². The topological polar surface area (TPSA) is 35.5 Å². The first-order chi connectivity index (χ1) is 10.1. The summed E-state index contributed by atoms with van der Waals surface area (Å²) in [6.07, 6.45) is 0. The van der Waals surface area contributed by atoms with Crippen LogP contribution in [0.5, 0.6) is 11.5 Å². The van der Waals surface area contributed by atoms with Crippen molar-refractivity contribution in [2.75, 3.05) is 13.2 Å². The summed E-state index contributed by atoms with van der Waals surface area (Å²) in [7, 11) is 0. The van der Waals surface area contributed by atoms with Crippen molar-refractivity contribution >= 4 is 37.6 Å². The second kappa shape index (κ2) is 5.81. The largest absolute Gasteiger partial charge is 0.486 e. The molecule has 0 saturated heterocycles. The van der Waals surface area contributed by atoms with Crippen LogP contribution >= 0.6 is 31.9 Å². The molecule has 1 aliphatic heterocycles. The Morgan fingerprint density at radius 1 is 1.00 bits per heavy atom. The van der Waals surface area contributed by atoms with Gasteiger partial charge in [-0.25, -0.2) is 0 Å². The van der Waals surface area contributed by atoms with E-state index in [1.807, 2.05) is 25.1 Å². The summed E-state index contributed by atoms with van der Waals surface area (Å²) < 4.78 is 12.7. The van der Waals surface area contributed by atoms with Gasteiger partial charge in [-0.3, -0.25) is 4.79 Å². The average molecular weight is 412 g/mol. The summed E-state index contributed by atoms with van der Waals surface area (Å²) in [5, 5.41) is 0. The van der Waals surface area contributed by atoms with Gasteiger partial charge in [0.1, 0.15) is 13.2 Å². The van der Waals surface area contributed by atoms with E-state index in [2.05, 4.69) is 31.9 Å². The summed E-state index contributed by atoms with van der Waals surface area (Å²) in [6.45, 7) is 2.95. The molecule has 5 heteroatoms. The third kappa shape index (κ3) is 2.85. The maximum Gasteiger partial charge on any atom is 0.194 e. The molecule has 0 atom stereocenters. The van der Waals surface area contributed by atoms with E-state index in [0.29, 0.717) is 40.3 Å². The smallest absolute Gasteiger partial charge is 0.194 e. The minimum atomic E-state index is -0.0438. The van der Waals surface area contributed by atoms with Gasteiger partial charge in [0.25, 0.3) is 0 Å². The van der Waals surface area contributed by atoms with Gasteiger partial charge >= 0.3 is 0 Å². The Morgan fingerprint density at radius 3 is 2.38 bits per heavy atom. The summed E-state index contributed by atoms with van der Waals surface area (Å²) >= 11 is 6.86. The van der Waals surface area contributed by atoms with E-state index < -0.39 is 0 Å². The van der Waals surface area contributed by atoms with Crippen LogP contribution in [0.3, 0.4) is 0 Å². The van der Waals surface area contributed by atoms with Crippen LogP contribution in [0, 0.1) is 6.92 Å². The molecule has 0 aliphatic carbocycles. The lowest BCUT2D eigenvalue weighted by Gasteiger charge is -2.19. The number of carbonyl (C=O) groups is 1. The summed E-state index contributed by atoms with van der Waals surface area (Å²) in [4.78, 5) is 12.8. The molecule has 0 fully saturated rings. The van der Waals surface area contributed by atoms with Crippen molar-refractivity contribution in [3.05, 3.63) is 56.0 Å². The minimum absolute atomic E-state index is 0.0438. The zero-order valence-electron chi connectivity index (χ0n) is 11.3. The van der Waals surface area contributed by atoms with Crippen LogP contribution in [0.4, 0.5) is 0 Å². The lowest BCUT2D eigenvalue weighted by atomic mass is 9.99. The summed E-state index contributed by atoms with van der Waals surface area (Å²) in [6, 6.07) is 9.20. The van der Waals surface area contributed by atoms with Crippen molar-refractivity contribution in [1.82, 2.24) is 0 Å². The molecule has 2 aromatic carbocycles. The van der Waals surface area contributed by atoms with E-state index in [1.54, 1.807) is 12.1 Å². The van der Waals surface area contributed by atoms with Gasteiger partial charge in [0.15, 0.2) is 17.3 Å². The Kier molecular flexibility index (Phi) is 4.04. The van der Waals surface area contributed by atoms with E-state index in [4.69, 9.17) is 9.47 Å². The monoisotopic (exact) mass is 410 g/mol. The quantitative estimate of drug-likeness (QED) is 0.681. The van der Waals surface area contributed by atoms with Gasteiger partial charge in [0, 0.05) is 20.1 Å². The number of rotatable bonds is 2. The number of hydrogen-bond acceptors (Lipinski definition) is 3. The fraction of sp³-hybridized carbons (Fsp3) is 0.188. The molecule has 0 bridgehead atoms. The minimum Gasteiger partial charge on any atom is -0.486 e. The maximum absolute atomic E-state index is 12.8. The van der Waals surface area contributed by atoms with E-state index >= 15 is 0 Å². The summed E-state index contributed by atoms with van der Waals surface area (Å²) in [5.41, 5.74) is 2.17. The normalized spacial score (nSPS) is 13.1. The highest BCUT2D eigenvalue weighted by atomic mass is 79.9. The number of fused-ring (bicyclic) bond motifs is 1. The van der Waals surface area contributed by atoms with Gasteiger partial charge in [-0.15, -0.1) is 0 Å².